The maximum Gasteiger partial charge on any atom is 0.143 e. The van der Waals surface area contributed by atoms with Crippen LogP contribution in [0, 0.1) is 0 Å². The van der Waals surface area contributed by atoms with E-state index in [1.807, 2.05) is 12.1 Å². The van der Waals surface area contributed by atoms with Crippen molar-refractivity contribution in [2.45, 2.75) is 0 Å². The molecule has 2 heteroatoms. The third kappa shape index (κ3) is 4.05. The molecule has 0 aliphatic heterocycles. The molecular weight excluding hydrogens is 510 g/mol. The van der Waals surface area contributed by atoms with E-state index in [-0.39, 0.29) is 0 Å². The first-order valence-electron chi connectivity index (χ1n) is 14.3. The molecule has 1 heterocycles. The summed E-state index contributed by atoms with van der Waals surface area (Å²) in [5.74, 6) is 0. The topological polar surface area (TPSA) is 16.4 Å². The minimum Gasteiger partial charge on any atom is -0.455 e. The highest BCUT2D eigenvalue weighted by Gasteiger charge is 2.21. The van der Waals surface area contributed by atoms with Crippen LogP contribution in [0.4, 0.5) is 17.1 Å². The van der Waals surface area contributed by atoms with Crippen LogP contribution in [-0.2, 0) is 0 Å². The van der Waals surface area contributed by atoms with Gasteiger partial charge in [0, 0.05) is 33.0 Å². The lowest BCUT2D eigenvalue weighted by Gasteiger charge is -2.29. The summed E-state index contributed by atoms with van der Waals surface area (Å²) in [5.41, 5.74) is 9.71. The standard InChI is InChI=1S/C40H27NO/c1-2-12-28(13-3-1)29-24-26-31(27-25-29)41(37-22-10-15-30-14-4-5-16-32(30)37)38-21-8-6-17-33(38)35-19-11-20-36-34-18-7-9-23-39(34)42-40(35)36/h1-27H. The van der Waals surface area contributed by atoms with Gasteiger partial charge in [-0.1, -0.05) is 133 Å². The number of hydrogen-bond acceptors (Lipinski definition) is 2. The van der Waals surface area contributed by atoms with Crippen molar-refractivity contribution in [2.24, 2.45) is 0 Å². The smallest absolute Gasteiger partial charge is 0.143 e. The first kappa shape index (κ1) is 24.2. The third-order valence-electron chi connectivity index (χ3n) is 8.08. The average Bonchev–Trinajstić information content (AvgIpc) is 3.45. The van der Waals surface area contributed by atoms with Crippen molar-refractivity contribution in [1.29, 1.82) is 0 Å². The van der Waals surface area contributed by atoms with Gasteiger partial charge in [0.1, 0.15) is 11.2 Å². The predicted molar refractivity (Wildman–Crippen MR) is 177 cm³/mol. The van der Waals surface area contributed by atoms with Gasteiger partial charge in [-0.05, 0) is 46.8 Å². The number of benzene rings is 7. The molecule has 0 fully saturated rings. The fourth-order valence-electron chi connectivity index (χ4n) is 6.10. The van der Waals surface area contributed by atoms with Gasteiger partial charge < -0.3 is 9.32 Å². The Morgan fingerprint density at radius 3 is 1.86 bits per heavy atom. The Morgan fingerprint density at radius 1 is 0.381 bits per heavy atom. The van der Waals surface area contributed by atoms with Gasteiger partial charge >= 0.3 is 0 Å². The van der Waals surface area contributed by atoms with Crippen molar-refractivity contribution in [2.75, 3.05) is 4.90 Å². The summed E-state index contributed by atoms with van der Waals surface area (Å²) < 4.78 is 6.50. The Bertz CT molecular complexity index is 2190. The van der Waals surface area contributed by atoms with E-state index in [0.717, 1.165) is 50.1 Å². The van der Waals surface area contributed by atoms with E-state index in [1.165, 1.54) is 21.9 Å². The Morgan fingerprint density at radius 2 is 0.976 bits per heavy atom. The predicted octanol–water partition coefficient (Wildman–Crippen LogP) is 11.5. The molecule has 0 aliphatic rings. The van der Waals surface area contributed by atoms with E-state index >= 15 is 0 Å². The molecule has 0 bridgehead atoms. The van der Waals surface area contributed by atoms with Gasteiger partial charge in [0.2, 0.25) is 0 Å². The summed E-state index contributed by atoms with van der Waals surface area (Å²) >= 11 is 0. The number of nitrogens with zero attached hydrogens (tertiary/aromatic N) is 1. The molecule has 0 N–H and O–H groups in total. The van der Waals surface area contributed by atoms with Crippen LogP contribution >= 0.6 is 0 Å². The third-order valence-corrected chi connectivity index (χ3v) is 8.08. The van der Waals surface area contributed by atoms with Crippen LogP contribution in [0.25, 0.3) is 55.0 Å². The molecule has 0 spiro atoms. The molecule has 0 atom stereocenters. The van der Waals surface area contributed by atoms with Crippen molar-refractivity contribution in [3.8, 4) is 22.3 Å². The summed E-state index contributed by atoms with van der Waals surface area (Å²) in [7, 11) is 0. The van der Waals surface area contributed by atoms with Crippen molar-refractivity contribution >= 4 is 49.8 Å². The highest BCUT2D eigenvalue weighted by Crippen LogP contribution is 2.45. The monoisotopic (exact) mass is 537 g/mol. The number of fused-ring (bicyclic) bond motifs is 4. The van der Waals surface area contributed by atoms with Gasteiger partial charge in [0.15, 0.2) is 0 Å². The van der Waals surface area contributed by atoms with Crippen molar-refractivity contribution in [3.05, 3.63) is 164 Å². The molecule has 0 unspecified atom stereocenters. The van der Waals surface area contributed by atoms with Gasteiger partial charge in [-0.25, -0.2) is 0 Å². The minimum absolute atomic E-state index is 0.903. The molecular formula is C40H27NO. The summed E-state index contributed by atoms with van der Waals surface area (Å²) in [6.45, 7) is 0. The normalized spacial score (nSPS) is 11.3. The van der Waals surface area contributed by atoms with E-state index in [9.17, 15) is 0 Å². The Balaban J connectivity index is 1.37. The quantitative estimate of drug-likeness (QED) is 0.217. The summed E-state index contributed by atoms with van der Waals surface area (Å²) in [6, 6.07) is 57.9. The van der Waals surface area contributed by atoms with Crippen LogP contribution in [0.2, 0.25) is 0 Å². The molecule has 0 aliphatic carbocycles. The largest absolute Gasteiger partial charge is 0.455 e. The lowest BCUT2D eigenvalue weighted by Crippen LogP contribution is -2.11. The number of anilines is 3. The van der Waals surface area contributed by atoms with Crippen molar-refractivity contribution in [1.82, 2.24) is 0 Å². The van der Waals surface area contributed by atoms with Gasteiger partial charge in [-0.3, -0.25) is 0 Å². The van der Waals surface area contributed by atoms with Crippen LogP contribution < -0.4 is 4.90 Å². The van der Waals surface area contributed by atoms with Crippen LogP contribution in [0.3, 0.4) is 0 Å². The summed E-state index contributed by atoms with van der Waals surface area (Å²) in [4.78, 5) is 2.38. The maximum atomic E-state index is 6.50. The Kier molecular flexibility index (Phi) is 5.82. The molecule has 7 aromatic carbocycles. The summed E-state index contributed by atoms with van der Waals surface area (Å²) in [6.07, 6.45) is 0. The van der Waals surface area contributed by atoms with Crippen LogP contribution in [0.15, 0.2) is 168 Å². The van der Waals surface area contributed by atoms with E-state index in [1.54, 1.807) is 0 Å². The lowest BCUT2D eigenvalue weighted by molar-refractivity contribution is 0.670. The number of para-hydroxylation sites is 3. The van der Waals surface area contributed by atoms with Crippen LogP contribution in [-0.4, -0.2) is 0 Å². The van der Waals surface area contributed by atoms with Gasteiger partial charge in [-0.2, -0.15) is 0 Å². The van der Waals surface area contributed by atoms with Crippen molar-refractivity contribution in [3.63, 3.8) is 0 Å². The number of hydrogen-bond donors (Lipinski definition) is 0. The highest BCUT2D eigenvalue weighted by atomic mass is 16.3. The van der Waals surface area contributed by atoms with Crippen molar-refractivity contribution < 1.29 is 4.42 Å². The average molecular weight is 538 g/mol. The Hall–Kier alpha value is -5.60. The number of rotatable bonds is 5. The zero-order valence-electron chi connectivity index (χ0n) is 22.9. The Labute approximate surface area is 244 Å². The molecule has 0 saturated heterocycles. The second kappa shape index (κ2) is 10.1. The maximum absolute atomic E-state index is 6.50. The second-order valence-corrected chi connectivity index (χ2v) is 10.5. The van der Waals surface area contributed by atoms with E-state index in [2.05, 4.69) is 157 Å². The lowest BCUT2D eigenvalue weighted by atomic mass is 9.98. The zero-order valence-corrected chi connectivity index (χ0v) is 22.9. The van der Waals surface area contributed by atoms with E-state index in [4.69, 9.17) is 4.42 Å². The van der Waals surface area contributed by atoms with E-state index in [0.29, 0.717) is 0 Å². The molecule has 0 saturated carbocycles. The van der Waals surface area contributed by atoms with Crippen LogP contribution in [0.1, 0.15) is 0 Å². The first-order valence-corrected chi connectivity index (χ1v) is 14.3. The van der Waals surface area contributed by atoms with Gasteiger partial charge in [0.25, 0.3) is 0 Å². The fraction of sp³-hybridized carbons (Fsp3) is 0. The fourth-order valence-corrected chi connectivity index (χ4v) is 6.10. The number of furan rings is 1. The molecule has 2 nitrogen and oxygen atoms in total. The molecule has 1 aromatic heterocycles. The zero-order chi connectivity index (χ0) is 27.9. The molecule has 0 amide bonds. The molecule has 42 heavy (non-hydrogen) atoms. The summed E-state index contributed by atoms with van der Waals surface area (Å²) in [5, 5.41) is 4.66. The van der Waals surface area contributed by atoms with E-state index < -0.39 is 0 Å². The highest BCUT2D eigenvalue weighted by molar-refractivity contribution is 6.11. The van der Waals surface area contributed by atoms with Gasteiger partial charge in [0.05, 0.1) is 11.4 Å². The molecule has 198 valence electrons. The SMILES string of the molecule is c1ccc(-c2ccc(N(c3ccccc3-c3cccc4c3oc3ccccc34)c3cccc4ccccc34)cc2)cc1. The van der Waals surface area contributed by atoms with Gasteiger partial charge in [-0.15, -0.1) is 0 Å². The first-order chi connectivity index (χ1) is 20.8. The molecule has 0 radical (unpaired) electrons. The molecule has 8 rings (SSSR count). The molecule has 8 aromatic rings. The second-order valence-electron chi connectivity index (χ2n) is 10.5. The minimum atomic E-state index is 0.903. The van der Waals surface area contributed by atoms with Crippen LogP contribution in [0.5, 0.6) is 0 Å².